The van der Waals surface area contributed by atoms with Crippen LogP contribution in [0.15, 0.2) is 24.4 Å². The second kappa shape index (κ2) is 6.83. The van der Waals surface area contributed by atoms with E-state index in [4.69, 9.17) is 0 Å². The third kappa shape index (κ3) is 3.91. The van der Waals surface area contributed by atoms with Gasteiger partial charge in [0.15, 0.2) is 8.68 Å². The Morgan fingerprint density at radius 3 is 2.72 bits per heavy atom. The lowest BCUT2D eigenvalue weighted by molar-refractivity contribution is 0.802. The van der Waals surface area contributed by atoms with E-state index in [-0.39, 0.29) is 0 Å². The van der Waals surface area contributed by atoms with E-state index in [1.54, 1.807) is 23.1 Å². The van der Waals surface area contributed by atoms with Crippen molar-refractivity contribution >= 4 is 50.8 Å². The number of hydrogen-bond acceptors (Lipinski definition) is 7. The van der Waals surface area contributed by atoms with Crippen molar-refractivity contribution in [2.75, 3.05) is 6.26 Å². The first kappa shape index (κ1) is 14.2. The fraction of sp³-hybridized carbons (Fsp3) is 0.400. The summed E-state index contributed by atoms with van der Waals surface area (Å²) in [5.41, 5.74) is 0. The summed E-state index contributed by atoms with van der Waals surface area (Å²) in [6.07, 6.45) is 3.92. The van der Waals surface area contributed by atoms with Gasteiger partial charge in [-0.1, -0.05) is 30.0 Å². The van der Waals surface area contributed by atoms with Crippen LogP contribution in [-0.4, -0.2) is 26.4 Å². The van der Waals surface area contributed by atoms with E-state index in [2.05, 4.69) is 43.0 Å². The van der Waals surface area contributed by atoms with Gasteiger partial charge in [0.05, 0.1) is 0 Å². The van der Waals surface area contributed by atoms with Crippen LogP contribution in [0.3, 0.4) is 0 Å². The molecule has 0 amide bonds. The summed E-state index contributed by atoms with van der Waals surface area (Å²) in [6.45, 7) is 2.12. The van der Waals surface area contributed by atoms with Gasteiger partial charge in [0.2, 0.25) is 0 Å². The molecule has 2 aromatic heterocycles. The first-order valence-electron chi connectivity index (χ1n) is 5.30. The summed E-state index contributed by atoms with van der Waals surface area (Å²) >= 11 is 8.13. The highest BCUT2D eigenvalue weighted by atomic mass is 79.9. The van der Waals surface area contributed by atoms with Crippen molar-refractivity contribution in [2.24, 2.45) is 0 Å². The minimum Gasteiger partial charge on any atom is -0.226 e. The van der Waals surface area contributed by atoms with Crippen LogP contribution in [0, 0.1) is 0 Å². The van der Waals surface area contributed by atoms with Gasteiger partial charge in [-0.25, -0.2) is 9.97 Å². The van der Waals surface area contributed by atoms with E-state index in [0.29, 0.717) is 0 Å². The van der Waals surface area contributed by atoms with Gasteiger partial charge >= 0.3 is 0 Å². The van der Waals surface area contributed by atoms with Crippen LogP contribution in [0.4, 0.5) is 0 Å². The van der Waals surface area contributed by atoms with Crippen LogP contribution in [0.2, 0.25) is 0 Å². The first-order chi connectivity index (χ1) is 8.71. The van der Waals surface area contributed by atoms with Crippen molar-refractivity contribution < 1.29 is 0 Å². The molecule has 0 N–H and O–H groups in total. The summed E-state index contributed by atoms with van der Waals surface area (Å²) in [5.74, 6) is 0.865. The summed E-state index contributed by atoms with van der Waals surface area (Å²) in [6, 6.07) is 1.91. The van der Waals surface area contributed by atoms with Gasteiger partial charge in [0.25, 0.3) is 0 Å². The van der Waals surface area contributed by atoms with E-state index in [9.17, 15) is 0 Å². The highest BCUT2D eigenvalue weighted by molar-refractivity contribution is 9.10. The summed E-state index contributed by atoms with van der Waals surface area (Å²) in [4.78, 5) is 8.85. The average molecular weight is 363 g/mol. The first-order valence-corrected chi connectivity index (χ1v) is 8.95. The Bertz CT molecular complexity index is 532. The standard InChI is InChI=1S/C10H11BrN4S3/c1-3-4-7-12-6(11)5-8(13-7)17-10-15-14-9(16-2)18-10/h5H,3-4H2,1-2H3. The molecule has 0 spiro atoms. The lowest BCUT2D eigenvalue weighted by atomic mass is 10.3. The number of nitrogens with zero attached hydrogens (tertiary/aromatic N) is 4. The minimum atomic E-state index is 0.818. The lowest BCUT2D eigenvalue weighted by Crippen LogP contribution is -1.96. The molecule has 0 saturated heterocycles. The van der Waals surface area contributed by atoms with E-state index in [0.717, 1.165) is 37.0 Å². The van der Waals surface area contributed by atoms with Crippen LogP contribution in [0.5, 0.6) is 0 Å². The second-order valence-corrected chi connectivity index (χ2v) is 7.45. The fourth-order valence-corrected chi connectivity index (χ4v) is 4.22. The molecule has 2 heterocycles. The second-order valence-electron chi connectivity index (χ2n) is 3.34. The Hall–Kier alpha value is -0.180. The third-order valence-corrected chi connectivity index (χ3v) is 5.22. The van der Waals surface area contributed by atoms with Crippen molar-refractivity contribution in [3.63, 3.8) is 0 Å². The van der Waals surface area contributed by atoms with Crippen LogP contribution in [-0.2, 0) is 6.42 Å². The topological polar surface area (TPSA) is 51.6 Å². The predicted molar refractivity (Wildman–Crippen MR) is 79.5 cm³/mol. The SMILES string of the molecule is CCCc1nc(Br)cc(Sc2nnc(SC)s2)n1. The van der Waals surface area contributed by atoms with Gasteiger partial charge in [0, 0.05) is 12.5 Å². The van der Waals surface area contributed by atoms with Crippen LogP contribution >= 0.6 is 50.8 Å². The number of hydrogen-bond donors (Lipinski definition) is 0. The lowest BCUT2D eigenvalue weighted by Gasteiger charge is -2.01. The quantitative estimate of drug-likeness (QED) is 0.593. The molecule has 0 fully saturated rings. The van der Waals surface area contributed by atoms with Crippen molar-refractivity contribution in [1.82, 2.24) is 20.2 Å². The molecule has 0 saturated carbocycles. The van der Waals surface area contributed by atoms with Gasteiger partial charge < -0.3 is 0 Å². The maximum absolute atomic E-state index is 4.51. The summed E-state index contributed by atoms with van der Waals surface area (Å²) in [7, 11) is 0. The van der Waals surface area contributed by atoms with E-state index in [1.165, 1.54) is 11.8 Å². The molecule has 4 nitrogen and oxygen atoms in total. The minimum absolute atomic E-state index is 0.818. The van der Waals surface area contributed by atoms with Gasteiger partial charge in [0.1, 0.15) is 15.5 Å². The Labute approximate surface area is 127 Å². The van der Waals surface area contributed by atoms with E-state index < -0.39 is 0 Å². The molecule has 96 valence electrons. The maximum atomic E-state index is 4.51. The normalized spacial score (nSPS) is 10.8. The molecule has 8 heteroatoms. The number of thioether (sulfide) groups is 1. The zero-order valence-electron chi connectivity index (χ0n) is 9.88. The van der Waals surface area contributed by atoms with Gasteiger partial charge in [-0.15, -0.1) is 10.2 Å². The maximum Gasteiger partial charge on any atom is 0.181 e. The van der Waals surface area contributed by atoms with Crippen LogP contribution < -0.4 is 0 Å². The number of rotatable bonds is 5. The van der Waals surface area contributed by atoms with Crippen LogP contribution in [0.1, 0.15) is 19.2 Å². The fourth-order valence-electron chi connectivity index (χ4n) is 1.24. The van der Waals surface area contributed by atoms with Crippen LogP contribution in [0.25, 0.3) is 0 Å². The molecule has 0 aliphatic heterocycles. The molecule has 0 radical (unpaired) electrons. The Morgan fingerprint density at radius 1 is 1.28 bits per heavy atom. The Balaban J connectivity index is 2.17. The summed E-state index contributed by atoms with van der Waals surface area (Å²) < 4.78 is 2.70. The average Bonchev–Trinajstić information content (AvgIpc) is 2.76. The molecule has 2 rings (SSSR count). The number of aryl methyl sites for hydroxylation is 1. The van der Waals surface area contributed by atoms with Crippen molar-refractivity contribution in [2.45, 2.75) is 33.5 Å². The predicted octanol–water partition coefficient (Wildman–Crippen LogP) is 3.92. The summed E-state index contributed by atoms with van der Waals surface area (Å²) in [5, 5.41) is 9.10. The molecule has 0 unspecified atom stereocenters. The van der Waals surface area contributed by atoms with Crippen molar-refractivity contribution in [3.05, 3.63) is 16.5 Å². The van der Waals surface area contributed by atoms with Gasteiger partial charge in [-0.3, -0.25) is 0 Å². The highest BCUT2D eigenvalue weighted by Crippen LogP contribution is 2.32. The molecule has 18 heavy (non-hydrogen) atoms. The van der Waals surface area contributed by atoms with E-state index >= 15 is 0 Å². The van der Waals surface area contributed by atoms with E-state index in [1.807, 2.05) is 12.3 Å². The zero-order valence-corrected chi connectivity index (χ0v) is 13.9. The molecule has 0 bridgehead atoms. The Morgan fingerprint density at radius 2 is 2.06 bits per heavy atom. The monoisotopic (exact) mass is 362 g/mol. The molecule has 2 aromatic rings. The third-order valence-electron chi connectivity index (χ3n) is 1.95. The van der Waals surface area contributed by atoms with Crippen molar-refractivity contribution in [1.29, 1.82) is 0 Å². The molecular formula is C10H11BrN4S3. The molecule has 0 atom stereocenters. The number of aromatic nitrogens is 4. The van der Waals surface area contributed by atoms with Gasteiger partial charge in [-0.2, -0.15) is 0 Å². The zero-order chi connectivity index (χ0) is 13.0. The molecule has 0 aliphatic rings. The highest BCUT2D eigenvalue weighted by Gasteiger charge is 2.08. The molecule has 0 aromatic carbocycles. The van der Waals surface area contributed by atoms with Gasteiger partial charge in [-0.05, 0) is 40.4 Å². The molecular weight excluding hydrogens is 352 g/mol. The Kier molecular flexibility index (Phi) is 5.40. The molecule has 0 aliphatic carbocycles. The van der Waals surface area contributed by atoms with Crippen molar-refractivity contribution in [3.8, 4) is 0 Å². The smallest absolute Gasteiger partial charge is 0.181 e. The largest absolute Gasteiger partial charge is 0.226 e. The number of halogens is 1.